The van der Waals surface area contributed by atoms with E-state index in [-0.39, 0.29) is 54.2 Å². The molecule has 0 aliphatic heterocycles. The van der Waals surface area contributed by atoms with E-state index >= 15 is 0 Å². The lowest BCUT2D eigenvalue weighted by atomic mass is 10.2. The molecule has 0 saturated carbocycles. The van der Waals surface area contributed by atoms with Crippen molar-refractivity contribution in [2.24, 2.45) is 0 Å². The van der Waals surface area contributed by atoms with Crippen molar-refractivity contribution >= 4 is 10.0 Å². The number of sulfonamides is 1. The average Bonchev–Trinajstić information content (AvgIpc) is 3.30. The highest BCUT2D eigenvalue weighted by atomic mass is 127. The van der Waals surface area contributed by atoms with E-state index in [1.54, 1.807) is 20.3 Å². The Kier molecular flexibility index (Phi) is 10.6. The molecule has 0 radical (unpaired) electrons. The maximum absolute atomic E-state index is 14.0. The van der Waals surface area contributed by atoms with Gasteiger partial charge in [-0.3, -0.25) is 4.68 Å². The number of hydrogen-bond acceptors (Lipinski definition) is 5. The molecule has 1 atom stereocenters. The van der Waals surface area contributed by atoms with Gasteiger partial charge in [-0.15, -0.1) is 0 Å². The fraction of sp³-hybridized carbons (Fsp3) is 0.444. The lowest BCUT2D eigenvalue weighted by Crippen LogP contribution is -3.00. The highest BCUT2D eigenvalue weighted by Crippen LogP contribution is 2.29. The van der Waals surface area contributed by atoms with Gasteiger partial charge < -0.3 is 37.9 Å². The van der Waals surface area contributed by atoms with Crippen molar-refractivity contribution < 1.29 is 46.4 Å². The minimum Gasteiger partial charge on any atom is -1.00 e. The van der Waals surface area contributed by atoms with Crippen LogP contribution >= 0.6 is 0 Å². The molecule has 3 rings (SSSR count). The van der Waals surface area contributed by atoms with Gasteiger partial charge in [0.15, 0.2) is 5.03 Å². The summed E-state index contributed by atoms with van der Waals surface area (Å²) in [6.07, 6.45) is 0. The van der Waals surface area contributed by atoms with Crippen LogP contribution in [0, 0.1) is 0 Å². The first-order chi connectivity index (χ1) is 16.9. The average molecular weight is 643 g/mol. The first-order valence-electron chi connectivity index (χ1n) is 12.0. The van der Waals surface area contributed by atoms with Crippen LogP contribution in [0.2, 0.25) is 0 Å². The summed E-state index contributed by atoms with van der Waals surface area (Å²) in [5, 5.41) is 4.68. The summed E-state index contributed by atoms with van der Waals surface area (Å²) < 4.78 is 42.6. The molecule has 0 spiro atoms. The molecule has 8 nitrogen and oxygen atoms in total. The quantitative estimate of drug-likeness (QED) is 0.235. The molecule has 1 heterocycles. The van der Waals surface area contributed by atoms with Crippen molar-refractivity contribution in [3.63, 3.8) is 0 Å². The van der Waals surface area contributed by atoms with Crippen molar-refractivity contribution in [2.75, 3.05) is 35.4 Å². The van der Waals surface area contributed by atoms with Gasteiger partial charge in [-0.05, 0) is 56.2 Å². The highest BCUT2D eigenvalue weighted by molar-refractivity contribution is 7.89. The molecule has 0 aliphatic carbocycles. The lowest BCUT2D eigenvalue weighted by molar-refractivity contribution is -0.900. The molecule has 10 heteroatoms. The number of rotatable bonds is 11. The Morgan fingerprint density at radius 1 is 0.865 bits per heavy atom. The van der Waals surface area contributed by atoms with Gasteiger partial charge in [-0.1, -0.05) is 24.3 Å². The number of hydrogen-bond donors (Lipinski definition) is 0. The lowest BCUT2D eigenvalue weighted by Gasteiger charge is -2.32. The van der Waals surface area contributed by atoms with Crippen LogP contribution in [0.4, 0.5) is 0 Å². The Labute approximate surface area is 238 Å². The molecule has 2 aromatic carbocycles. The number of halogens is 1. The summed E-state index contributed by atoms with van der Waals surface area (Å²) in [7, 11) is 5.58. The van der Waals surface area contributed by atoms with E-state index in [2.05, 4.69) is 33.2 Å². The van der Waals surface area contributed by atoms with Crippen LogP contribution in [0.3, 0.4) is 0 Å². The SMILES string of the molecule is COc1ccc(CN(Cc2ccc(OC)cc2)S(=O)(=O)c2cc(C(C)[N+](C)(C)C)n(C(C)C)n2)cc1.[I-]. The van der Waals surface area contributed by atoms with Crippen molar-refractivity contribution in [2.45, 2.75) is 51.0 Å². The second kappa shape index (κ2) is 12.6. The second-order valence-electron chi connectivity index (χ2n) is 10.2. The van der Waals surface area contributed by atoms with Gasteiger partial charge in [0, 0.05) is 25.2 Å². The van der Waals surface area contributed by atoms with Crippen LogP contribution in [-0.4, -0.2) is 62.3 Å². The first-order valence-corrected chi connectivity index (χ1v) is 13.5. The Balaban J connectivity index is 0.00000481. The number of ether oxygens (including phenoxy) is 2. The zero-order chi connectivity index (χ0) is 26.7. The molecular formula is C27H39IN4O4S. The number of benzene rings is 2. The monoisotopic (exact) mass is 642 g/mol. The molecule has 204 valence electrons. The van der Waals surface area contributed by atoms with Crippen LogP contribution in [0.25, 0.3) is 0 Å². The Morgan fingerprint density at radius 2 is 1.30 bits per heavy atom. The minimum absolute atomic E-state index is 0. The largest absolute Gasteiger partial charge is 1.00 e. The van der Waals surface area contributed by atoms with E-state index in [1.165, 1.54) is 4.31 Å². The smallest absolute Gasteiger partial charge is 0.263 e. The fourth-order valence-corrected chi connectivity index (χ4v) is 5.22. The van der Waals surface area contributed by atoms with Gasteiger partial charge in [0.25, 0.3) is 10.0 Å². The maximum Gasteiger partial charge on any atom is 0.263 e. The van der Waals surface area contributed by atoms with E-state index in [0.29, 0.717) is 4.48 Å². The van der Waals surface area contributed by atoms with E-state index in [1.807, 2.05) is 67.1 Å². The molecule has 3 aromatic rings. The van der Waals surface area contributed by atoms with Crippen LogP contribution in [0.5, 0.6) is 11.5 Å². The molecule has 37 heavy (non-hydrogen) atoms. The first kappa shape index (κ1) is 31.1. The van der Waals surface area contributed by atoms with E-state index in [9.17, 15) is 8.42 Å². The number of aromatic nitrogens is 2. The predicted molar refractivity (Wildman–Crippen MR) is 141 cm³/mol. The zero-order valence-corrected chi connectivity index (χ0v) is 25.9. The summed E-state index contributed by atoms with van der Waals surface area (Å²) in [4.78, 5) is 0. The fourth-order valence-electron chi connectivity index (χ4n) is 3.86. The second-order valence-corrected chi connectivity index (χ2v) is 12.1. The van der Waals surface area contributed by atoms with Gasteiger partial charge in [-0.2, -0.15) is 9.40 Å². The van der Waals surface area contributed by atoms with Crippen LogP contribution in [-0.2, 0) is 23.1 Å². The van der Waals surface area contributed by atoms with E-state index < -0.39 is 10.0 Å². The Bertz CT molecular complexity index is 1200. The molecule has 0 N–H and O–H groups in total. The maximum atomic E-state index is 14.0. The molecule has 0 aliphatic rings. The molecular weight excluding hydrogens is 603 g/mol. The molecule has 0 saturated heterocycles. The third-order valence-corrected chi connectivity index (χ3v) is 8.13. The van der Waals surface area contributed by atoms with Crippen LogP contribution in [0.15, 0.2) is 59.6 Å². The topological polar surface area (TPSA) is 73.7 Å². The molecule has 0 fully saturated rings. The third-order valence-electron chi connectivity index (χ3n) is 6.46. The Morgan fingerprint density at radius 3 is 1.65 bits per heavy atom. The zero-order valence-electron chi connectivity index (χ0n) is 23.0. The van der Waals surface area contributed by atoms with Crippen LogP contribution in [0.1, 0.15) is 49.7 Å². The summed E-state index contributed by atoms with van der Waals surface area (Å²) in [6, 6.07) is 16.7. The summed E-state index contributed by atoms with van der Waals surface area (Å²) in [6.45, 7) is 6.53. The van der Waals surface area contributed by atoms with Gasteiger partial charge in [0.05, 0.1) is 41.1 Å². The Hall–Kier alpha value is -2.15. The summed E-state index contributed by atoms with van der Waals surface area (Å²) in [5.74, 6) is 1.44. The van der Waals surface area contributed by atoms with Crippen molar-refractivity contribution in [3.05, 3.63) is 71.4 Å². The van der Waals surface area contributed by atoms with Gasteiger partial charge >= 0.3 is 0 Å². The highest BCUT2D eigenvalue weighted by Gasteiger charge is 2.33. The van der Waals surface area contributed by atoms with Crippen molar-refractivity contribution in [1.29, 1.82) is 0 Å². The van der Waals surface area contributed by atoms with Crippen molar-refractivity contribution in [3.8, 4) is 11.5 Å². The molecule has 0 amide bonds. The summed E-state index contributed by atoms with van der Waals surface area (Å²) >= 11 is 0. The normalized spacial score (nSPS) is 12.9. The minimum atomic E-state index is -3.91. The van der Waals surface area contributed by atoms with Gasteiger partial charge in [-0.25, -0.2) is 8.42 Å². The van der Waals surface area contributed by atoms with E-state index in [4.69, 9.17) is 9.47 Å². The molecule has 1 unspecified atom stereocenters. The number of methoxy groups -OCH3 is 2. The molecule has 1 aromatic heterocycles. The van der Waals surface area contributed by atoms with Crippen LogP contribution < -0.4 is 33.5 Å². The van der Waals surface area contributed by atoms with Gasteiger partial charge in [0.1, 0.15) is 17.5 Å². The van der Waals surface area contributed by atoms with E-state index in [0.717, 1.165) is 28.3 Å². The van der Waals surface area contributed by atoms with Crippen molar-refractivity contribution in [1.82, 2.24) is 14.1 Å². The summed E-state index contributed by atoms with van der Waals surface area (Å²) in [5.41, 5.74) is 2.61. The number of nitrogens with zero attached hydrogens (tertiary/aromatic N) is 4. The van der Waals surface area contributed by atoms with Gasteiger partial charge in [0.2, 0.25) is 0 Å². The number of quaternary nitrogens is 1. The standard InChI is InChI=1S/C27H39N4O4S.HI/c1-20(2)30-26(21(3)31(4,5)6)17-27(28-30)36(32,33)29(18-22-9-13-24(34-7)14-10-22)19-23-11-15-25(35-8)16-12-23;/h9-17,20-21H,18-19H2,1-8H3;1H/q+1;/p-1. The predicted octanol–water partition coefficient (Wildman–Crippen LogP) is 1.64. The third kappa shape index (κ3) is 7.46. The molecule has 0 bridgehead atoms.